The van der Waals surface area contributed by atoms with Crippen LogP contribution in [-0.2, 0) is 13.2 Å². The number of rotatable bonds is 7. The fourth-order valence-corrected chi connectivity index (χ4v) is 3.22. The van der Waals surface area contributed by atoms with Gasteiger partial charge in [-0.3, -0.25) is 0 Å². The first-order valence-corrected chi connectivity index (χ1v) is 9.70. The molecule has 0 bridgehead atoms. The Hall–Kier alpha value is -2.65. The zero-order chi connectivity index (χ0) is 20.1. The Kier molecular flexibility index (Phi) is 6.48. The summed E-state index contributed by atoms with van der Waals surface area (Å²) in [6, 6.07) is 18.3. The lowest BCUT2D eigenvalue weighted by atomic mass is 10.1. The molecule has 0 atom stereocenters. The van der Waals surface area contributed by atoms with E-state index in [-0.39, 0.29) is 0 Å². The van der Waals surface area contributed by atoms with Crippen molar-refractivity contribution in [2.45, 2.75) is 33.9 Å². The van der Waals surface area contributed by atoms with Gasteiger partial charge in [0.05, 0.1) is 7.11 Å². The lowest BCUT2D eigenvalue weighted by Crippen LogP contribution is -2.03. The fourth-order valence-electron chi connectivity index (χ4n) is 3.00. The molecule has 0 aliphatic carbocycles. The zero-order valence-electron chi connectivity index (χ0n) is 16.8. The van der Waals surface area contributed by atoms with Crippen LogP contribution in [0.5, 0.6) is 11.5 Å². The number of methoxy groups -OCH3 is 1. The predicted octanol–water partition coefficient (Wildman–Crippen LogP) is 6.46. The first kappa shape index (κ1) is 20.1. The molecule has 0 unspecified atom stereocenters. The maximum absolute atomic E-state index is 6.51. The Morgan fingerprint density at radius 1 is 0.893 bits per heavy atom. The van der Waals surface area contributed by atoms with Crippen molar-refractivity contribution in [3.05, 3.63) is 87.4 Å². The lowest BCUT2D eigenvalue weighted by Gasteiger charge is -2.15. The van der Waals surface area contributed by atoms with Gasteiger partial charge in [0.2, 0.25) is 0 Å². The second-order valence-electron chi connectivity index (χ2n) is 7.02. The van der Waals surface area contributed by atoms with E-state index in [9.17, 15) is 0 Å². The Morgan fingerprint density at radius 3 is 2.43 bits per heavy atom. The number of nitrogens with one attached hydrogen (secondary N) is 1. The standard InChI is InChI=1S/C24H26ClNO2/c1-16-6-5-7-19(10-16)15-28-24-13-22(25)20(12-23(24)27-4)14-26-21-9-8-17(2)18(3)11-21/h5-13,26H,14-15H2,1-4H3. The van der Waals surface area contributed by atoms with Gasteiger partial charge in [0.15, 0.2) is 11.5 Å². The van der Waals surface area contributed by atoms with E-state index in [4.69, 9.17) is 21.1 Å². The number of halogens is 1. The summed E-state index contributed by atoms with van der Waals surface area (Å²) in [5.74, 6) is 1.32. The van der Waals surface area contributed by atoms with E-state index in [1.54, 1.807) is 7.11 Å². The van der Waals surface area contributed by atoms with Gasteiger partial charge in [-0.05, 0) is 61.2 Å². The third-order valence-corrected chi connectivity index (χ3v) is 5.15. The van der Waals surface area contributed by atoms with E-state index in [1.165, 1.54) is 16.7 Å². The van der Waals surface area contributed by atoms with E-state index in [0.717, 1.165) is 16.8 Å². The van der Waals surface area contributed by atoms with Crippen LogP contribution in [0.25, 0.3) is 0 Å². The Labute approximate surface area is 172 Å². The van der Waals surface area contributed by atoms with E-state index in [2.05, 4.69) is 56.4 Å². The summed E-state index contributed by atoms with van der Waals surface area (Å²) in [5.41, 5.74) is 6.88. The highest BCUT2D eigenvalue weighted by Crippen LogP contribution is 2.34. The van der Waals surface area contributed by atoms with E-state index < -0.39 is 0 Å². The van der Waals surface area contributed by atoms with Crippen LogP contribution in [0.4, 0.5) is 5.69 Å². The number of hydrogen-bond acceptors (Lipinski definition) is 3. The highest BCUT2D eigenvalue weighted by Gasteiger charge is 2.11. The van der Waals surface area contributed by atoms with Crippen LogP contribution in [0.2, 0.25) is 5.02 Å². The molecular weight excluding hydrogens is 370 g/mol. The van der Waals surface area contributed by atoms with Gasteiger partial charge < -0.3 is 14.8 Å². The maximum atomic E-state index is 6.51. The average molecular weight is 396 g/mol. The summed E-state index contributed by atoms with van der Waals surface area (Å²) in [6.07, 6.45) is 0. The van der Waals surface area contributed by atoms with E-state index in [1.807, 2.05) is 24.3 Å². The molecule has 0 saturated heterocycles. The van der Waals surface area contributed by atoms with Crippen molar-refractivity contribution < 1.29 is 9.47 Å². The van der Waals surface area contributed by atoms with Crippen molar-refractivity contribution in [1.29, 1.82) is 0 Å². The quantitative estimate of drug-likeness (QED) is 0.497. The summed E-state index contributed by atoms with van der Waals surface area (Å²) in [6.45, 7) is 7.36. The van der Waals surface area contributed by atoms with Crippen LogP contribution >= 0.6 is 11.6 Å². The van der Waals surface area contributed by atoms with E-state index in [0.29, 0.717) is 29.7 Å². The molecular formula is C24H26ClNO2. The Morgan fingerprint density at radius 2 is 1.71 bits per heavy atom. The molecule has 3 nitrogen and oxygen atoms in total. The largest absolute Gasteiger partial charge is 0.493 e. The Balaban J connectivity index is 1.72. The van der Waals surface area contributed by atoms with Crippen LogP contribution in [0.15, 0.2) is 54.6 Å². The minimum atomic E-state index is 0.467. The maximum Gasteiger partial charge on any atom is 0.163 e. The van der Waals surface area contributed by atoms with Crippen LogP contribution in [0.1, 0.15) is 27.8 Å². The number of ether oxygens (including phenoxy) is 2. The monoisotopic (exact) mass is 395 g/mol. The number of benzene rings is 3. The van der Waals surface area contributed by atoms with Crippen molar-refractivity contribution in [3.63, 3.8) is 0 Å². The van der Waals surface area contributed by atoms with Gasteiger partial charge in [0.1, 0.15) is 6.61 Å². The molecule has 0 spiro atoms. The number of anilines is 1. The van der Waals surface area contributed by atoms with Crippen LogP contribution < -0.4 is 14.8 Å². The van der Waals surface area contributed by atoms with Crippen molar-refractivity contribution >= 4 is 17.3 Å². The van der Waals surface area contributed by atoms with Gasteiger partial charge in [-0.1, -0.05) is 47.5 Å². The molecule has 3 rings (SSSR count). The molecule has 0 amide bonds. The molecule has 0 aliphatic heterocycles. The van der Waals surface area contributed by atoms with Crippen LogP contribution in [-0.4, -0.2) is 7.11 Å². The van der Waals surface area contributed by atoms with Crippen LogP contribution in [0.3, 0.4) is 0 Å². The molecule has 4 heteroatoms. The highest BCUT2D eigenvalue weighted by atomic mass is 35.5. The molecule has 0 aromatic heterocycles. The summed E-state index contributed by atoms with van der Waals surface area (Å²) in [5, 5.41) is 4.07. The molecule has 0 fully saturated rings. The normalized spacial score (nSPS) is 10.6. The van der Waals surface area contributed by atoms with Gasteiger partial charge in [-0.25, -0.2) is 0 Å². The van der Waals surface area contributed by atoms with Crippen molar-refractivity contribution in [2.75, 3.05) is 12.4 Å². The number of hydrogen-bond donors (Lipinski definition) is 1. The third-order valence-electron chi connectivity index (χ3n) is 4.80. The second-order valence-corrected chi connectivity index (χ2v) is 7.43. The minimum absolute atomic E-state index is 0.467. The Bertz CT molecular complexity index is 969. The third kappa shape index (κ3) is 4.99. The average Bonchev–Trinajstić information content (AvgIpc) is 2.68. The first-order chi connectivity index (χ1) is 13.5. The van der Waals surface area contributed by atoms with Crippen molar-refractivity contribution in [2.24, 2.45) is 0 Å². The molecule has 3 aromatic carbocycles. The molecule has 0 aliphatic rings. The molecule has 0 heterocycles. The van der Waals surface area contributed by atoms with E-state index >= 15 is 0 Å². The second kappa shape index (κ2) is 9.03. The van der Waals surface area contributed by atoms with Gasteiger partial charge in [-0.2, -0.15) is 0 Å². The van der Waals surface area contributed by atoms with Gasteiger partial charge >= 0.3 is 0 Å². The molecule has 1 N–H and O–H groups in total. The molecule has 0 saturated carbocycles. The van der Waals surface area contributed by atoms with Gasteiger partial charge in [-0.15, -0.1) is 0 Å². The SMILES string of the molecule is COc1cc(CNc2ccc(C)c(C)c2)c(Cl)cc1OCc1cccc(C)c1. The number of aryl methyl sites for hydroxylation is 3. The fraction of sp³-hybridized carbons (Fsp3) is 0.250. The smallest absolute Gasteiger partial charge is 0.163 e. The molecule has 28 heavy (non-hydrogen) atoms. The summed E-state index contributed by atoms with van der Waals surface area (Å²) in [4.78, 5) is 0. The van der Waals surface area contributed by atoms with Crippen molar-refractivity contribution in [3.8, 4) is 11.5 Å². The summed E-state index contributed by atoms with van der Waals surface area (Å²) in [7, 11) is 1.64. The van der Waals surface area contributed by atoms with Crippen molar-refractivity contribution in [1.82, 2.24) is 0 Å². The van der Waals surface area contributed by atoms with Crippen LogP contribution in [0, 0.1) is 20.8 Å². The zero-order valence-corrected chi connectivity index (χ0v) is 17.6. The predicted molar refractivity (Wildman–Crippen MR) is 117 cm³/mol. The molecule has 3 aromatic rings. The molecule has 146 valence electrons. The first-order valence-electron chi connectivity index (χ1n) is 9.32. The lowest BCUT2D eigenvalue weighted by molar-refractivity contribution is 0.284. The highest BCUT2D eigenvalue weighted by molar-refractivity contribution is 6.31. The van der Waals surface area contributed by atoms with Gasteiger partial charge in [0, 0.05) is 23.3 Å². The summed E-state index contributed by atoms with van der Waals surface area (Å²) >= 11 is 6.51. The minimum Gasteiger partial charge on any atom is -0.493 e. The molecule has 0 radical (unpaired) electrons. The summed E-state index contributed by atoms with van der Waals surface area (Å²) < 4.78 is 11.5. The topological polar surface area (TPSA) is 30.5 Å². The van der Waals surface area contributed by atoms with Gasteiger partial charge in [0.25, 0.3) is 0 Å².